The highest BCUT2D eigenvalue weighted by Gasteiger charge is 2.36. The fourth-order valence-corrected chi connectivity index (χ4v) is 4.26. The van der Waals surface area contributed by atoms with Crippen molar-refractivity contribution in [2.45, 2.75) is 79.1 Å². The standard InChI is InChI=1S/C28H45N5O5/c1-19(2)16-24(26(34)31-33(18-20(3)4)28(36)21(5)29)23(12-8-10-22-11-9-14-30-17-22)27(35)32-38-25-13-6-7-15-37-25/h8-11,14,17,19-21,23-25H,6-7,12-13,15-16,18,29H2,1-5H3,(H,31,34)(H,32,35)/b10-8+/t21-,23+,24-,25?/m1/s1. The lowest BCUT2D eigenvalue weighted by Gasteiger charge is -2.32. The van der Waals surface area contributed by atoms with Gasteiger partial charge in [0.2, 0.25) is 11.8 Å². The van der Waals surface area contributed by atoms with Gasteiger partial charge in [-0.05, 0) is 56.1 Å². The lowest BCUT2D eigenvalue weighted by Crippen LogP contribution is -2.55. The molecule has 0 bridgehead atoms. The zero-order valence-electron chi connectivity index (χ0n) is 23.4. The van der Waals surface area contributed by atoms with Crippen molar-refractivity contribution in [2.24, 2.45) is 29.4 Å². The van der Waals surface area contributed by atoms with E-state index in [0.717, 1.165) is 18.4 Å². The van der Waals surface area contributed by atoms with Gasteiger partial charge in [-0.25, -0.2) is 10.3 Å². The Kier molecular flexibility index (Phi) is 13.4. The highest BCUT2D eigenvalue weighted by molar-refractivity contribution is 5.89. The summed E-state index contributed by atoms with van der Waals surface area (Å²) >= 11 is 0. The third-order valence-corrected chi connectivity index (χ3v) is 6.15. The molecule has 0 radical (unpaired) electrons. The molecule has 212 valence electrons. The first kappa shape index (κ1) is 31.4. The molecule has 1 aromatic heterocycles. The van der Waals surface area contributed by atoms with E-state index in [4.69, 9.17) is 15.3 Å². The SMILES string of the molecule is CC(C)C[C@@H](C(=O)NN(CC(C)C)C(=O)[C@@H](C)N)[C@H](C/C=C/c1cccnc1)C(=O)NOC1CCCCO1. The first-order valence-electron chi connectivity index (χ1n) is 13.6. The number of hydroxylamine groups is 1. The molecule has 38 heavy (non-hydrogen) atoms. The Balaban J connectivity index is 2.28. The summed E-state index contributed by atoms with van der Waals surface area (Å²) in [6.07, 6.45) is 9.94. The van der Waals surface area contributed by atoms with Crippen LogP contribution in [0.15, 0.2) is 30.6 Å². The van der Waals surface area contributed by atoms with Gasteiger partial charge in [0.1, 0.15) is 0 Å². The van der Waals surface area contributed by atoms with Crippen LogP contribution in [-0.2, 0) is 24.0 Å². The van der Waals surface area contributed by atoms with Crippen LogP contribution >= 0.6 is 0 Å². The minimum atomic E-state index is -0.775. The molecule has 4 N–H and O–H groups in total. The van der Waals surface area contributed by atoms with Crippen LogP contribution in [0.1, 0.15) is 72.3 Å². The van der Waals surface area contributed by atoms with Gasteiger partial charge in [-0.1, -0.05) is 45.9 Å². The smallest absolute Gasteiger partial charge is 0.257 e. The first-order chi connectivity index (χ1) is 18.1. The summed E-state index contributed by atoms with van der Waals surface area (Å²) in [4.78, 5) is 49.5. The zero-order chi connectivity index (χ0) is 28.1. The van der Waals surface area contributed by atoms with Gasteiger partial charge >= 0.3 is 0 Å². The van der Waals surface area contributed by atoms with E-state index in [1.807, 2.05) is 52.0 Å². The average molecular weight is 532 g/mol. The van der Waals surface area contributed by atoms with Crippen molar-refractivity contribution >= 4 is 23.8 Å². The minimum Gasteiger partial charge on any atom is -0.350 e. The summed E-state index contributed by atoms with van der Waals surface area (Å²) in [6, 6.07) is 2.96. The third kappa shape index (κ3) is 10.9. The number of hydrogen-bond acceptors (Lipinski definition) is 7. The van der Waals surface area contributed by atoms with E-state index in [9.17, 15) is 14.4 Å². The molecule has 0 aromatic carbocycles. The van der Waals surface area contributed by atoms with Gasteiger partial charge in [0, 0.05) is 32.0 Å². The number of aromatic nitrogens is 1. The number of hydrazine groups is 1. The number of carbonyl (C=O) groups is 3. The van der Waals surface area contributed by atoms with E-state index in [0.29, 0.717) is 26.0 Å². The highest BCUT2D eigenvalue weighted by atomic mass is 16.8. The summed E-state index contributed by atoms with van der Waals surface area (Å²) in [5, 5.41) is 1.28. The van der Waals surface area contributed by atoms with Crippen LogP contribution in [0.4, 0.5) is 0 Å². The van der Waals surface area contributed by atoms with Crippen molar-refractivity contribution in [3.05, 3.63) is 36.2 Å². The number of ether oxygens (including phenoxy) is 1. The Bertz CT molecular complexity index is 900. The second-order valence-corrected chi connectivity index (χ2v) is 10.8. The van der Waals surface area contributed by atoms with Crippen molar-refractivity contribution in [3.8, 4) is 0 Å². The van der Waals surface area contributed by atoms with E-state index >= 15 is 0 Å². The van der Waals surface area contributed by atoms with Gasteiger partial charge in [0.05, 0.1) is 17.9 Å². The number of nitrogens with one attached hydrogen (secondary N) is 2. The molecule has 3 amide bonds. The summed E-state index contributed by atoms with van der Waals surface area (Å²) in [6.45, 7) is 10.3. The van der Waals surface area contributed by atoms with Gasteiger partial charge in [-0.3, -0.25) is 29.8 Å². The van der Waals surface area contributed by atoms with E-state index in [1.54, 1.807) is 19.3 Å². The van der Waals surface area contributed by atoms with Crippen molar-refractivity contribution in [3.63, 3.8) is 0 Å². The molecule has 1 aliphatic rings. The van der Waals surface area contributed by atoms with E-state index in [-0.39, 0.29) is 24.2 Å². The van der Waals surface area contributed by atoms with Crippen molar-refractivity contribution < 1.29 is 24.0 Å². The monoisotopic (exact) mass is 531 g/mol. The Hall–Kier alpha value is -2.82. The van der Waals surface area contributed by atoms with Crippen molar-refractivity contribution in [1.82, 2.24) is 20.9 Å². The zero-order valence-corrected chi connectivity index (χ0v) is 23.4. The van der Waals surface area contributed by atoms with Gasteiger partial charge < -0.3 is 10.5 Å². The predicted molar refractivity (Wildman–Crippen MR) is 145 cm³/mol. The maximum atomic E-state index is 13.7. The number of hydrogen-bond donors (Lipinski definition) is 3. The molecule has 10 heteroatoms. The van der Waals surface area contributed by atoms with Crippen LogP contribution in [0.25, 0.3) is 6.08 Å². The molecule has 1 aliphatic heterocycles. The number of amides is 3. The normalized spacial score (nSPS) is 18.3. The number of rotatable bonds is 13. The average Bonchev–Trinajstić information content (AvgIpc) is 2.88. The quantitative estimate of drug-likeness (QED) is 0.333. The number of nitrogens with two attached hydrogens (primary N) is 1. The number of pyridine rings is 1. The molecular formula is C28H45N5O5. The molecule has 4 atom stereocenters. The molecule has 1 aromatic rings. The predicted octanol–water partition coefficient (Wildman–Crippen LogP) is 3.20. The molecule has 1 fully saturated rings. The minimum absolute atomic E-state index is 0.104. The highest BCUT2D eigenvalue weighted by Crippen LogP contribution is 2.26. The summed E-state index contributed by atoms with van der Waals surface area (Å²) in [5.74, 6) is -2.45. The van der Waals surface area contributed by atoms with E-state index < -0.39 is 36.0 Å². The number of nitrogens with zero attached hydrogens (tertiary/aromatic N) is 2. The third-order valence-electron chi connectivity index (χ3n) is 6.15. The van der Waals surface area contributed by atoms with Crippen LogP contribution in [0.3, 0.4) is 0 Å². The van der Waals surface area contributed by atoms with Gasteiger partial charge in [0.25, 0.3) is 5.91 Å². The Labute approximate surface area is 226 Å². The number of carbonyl (C=O) groups excluding carboxylic acids is 3. The second-order valence-electron chi connectivity index (χ2n) is 10.8. The summed E-state index contributed by atoms with van der Waals surface area (Å²) in [7, 11) is 0. The van der Waals surface area contributed by atoms with Crippen molar-refractivity contribution in [1.29, 1.82) is 0 Å². The molecule has 2 heterocycles. The van der Waals surface area contributed by atoms with Crippen LogP contribution in [0.5, 0.6) is 0 Å². The molecular weight excluding hydrogens is 486 g/mol. The second kappa shape index (κ2) is 16.2. The molecule has 2 rings (SSSR count). The fourth-order valence-electron chi connectivity index (χ4n) is 4.26. The molecule has 1 unspecified atom stereocenters. The van der Waals surface area contributed by atoms with Crippen LogP contribution in [0, 0.1) is 23.7 Å². The molecule has 0 aliphatic carbocycles. The van der Waals surface area contributed by atoms with E-state index in [1.165, 1.54) is 5.01 Å². The van der Waals surface area contributed by atoms with Crippen molar-refractivity contribution in [2.75, 3.05) is 13.2 Å². The maximum absolute atomic E-state index is 13.7. The Morgan fingerprint density at radius 3 is 2.50 bits per heavy atom. The molecule has 10 nitrogen and oxygen atoms in total. The fraction of sp³-hybridized carbons (Fsp3) is 0.643. The number of allylic oxidation sites excluding steroid dienone is 1. The Morgan fingerprint density at radius 2 is 1.92 bits per heavy atom. The maximum Gasteiger partial charge on any atom is 0.257 e. The summed E-state index contributed by atoms with van der Waals surface area (Å²) in [5.41, 5.74) is 12.0. The molecule has 0 saturated carbocycles. The van der Waals surface area contributed by atoms with Crippen LogP contribution in [0.2, 0.25) is 0 Å². The van der Waals surface area contributed by atoms with Gasteiger partial charge in [0.15, 0.2) is 6.29 Å². The summed E-state index contributed by atoms with van der Waals surface area (Å²) < 4.78 is 5.56. The Morgan fingerprint density at radius 1 is 1.16 bits per heavy atom. The van der Waals surface area contributed by atoms with E-state index in [2.05, 4.69) is 15.9 Å². The lowest BCUT2D eigenvalue weighted by molar-refractivity contribution is -0.203. The largest absolute Gasteiger partial charge is 0.350 e. The van der Waals surface area contributed by atoms with Crippen LogP contribution in [-0.4, -0.2) is 53.2 Å². The topological polar surface area (TPSA) is 136 Å². The first-order valence-corrected chi connectivity index (χ1v) is 13.6. The van der Waals surface area contributed by atoms with Crippen LogP contribution < -0.4 is 16.6 Å². The van der Waals surface area contributed by atoms with Gasteiger partial charge in [-0.15, -0.1) is 0 Å². The molecule has 1 saturated heterocycles. The molecule has 0 spiro atoms. The lowest BCUT2D eigenvalue weighted by atomic mass is 9.82. The van der Waals surface area contributed by atoms with Gasteiger partial charge in [-0.2, -0.15) is 0 Å².